The van der Waals surface area contributed by atoms with E-state index in [2.05, 4.69) is 48.4 Å². The van der Waals surface area contributed by atoms with Crippen LogP contribution >= 0.6 is 11.3 Å². The fourth-order valence-electron chi connectivity index (χ4n) is 2.26. The van der Waals surface area contributed by atoms with Crippen LogP contribution in [0.4, 0.5) is 0 Å². The number of likely N-dealkylation sites (N-methyl/N-ethyl adjacent to an activating group) is 1. The minimum atomic E-state index is 0.384. The van der Waals surface area contributed by atoms with Crippen LogP contribution in [-0.4, -0.2) is 11.5 Å². The average molecular weight is 274 g/mol. The summed E-state index contributed by atoms with van der Waals surface area (Å²) in [6.45, 7) is 7.40. The molecule has 2 aromatic rings. The molecule has 102 valence electrons. The van der Waals surface area contributed by atoms with Crippen molar-refractivity contribution in [3.8, 4) is 0 Å². The maximum absolute atomic E-state index is 4.28. The first-order valence-corrected chi connectivity index (χ1v) is 7.78. The third kappa shape index (κ3) is 3.88. The van der Waals surface area contributed by atoms with Gasteiger partial charge in [-0.1, -0.05) is 13.8 Å². The van der Waals surface area contributed by atoms with E-state index in [1.807, 2.05) is 24.5 Å². The second kappa shape index (κ2) is 6.83. The number of hydrogen-bond acceptors (Lipinski definition) is 3. The van der Waals surface area contributed by atoms with E-state index in [-0.39, 0.29) is 0 Å². The molecule has 1 unspecified atom stereocenters. The highest BCUT2D eigenvalue weighted by molar-refractivity contribution is 7.11. The van der Waals surface area contributed by atoms with E-state index in [0.29, 0.717) is 6.04 Å². The van der Waals surface area contributed by atoms with Gasteiger partial charge in [-0.05, 0) is 49.7 Å². The van der Waals surface area contributed by atoms with Gasteiger partial charge in [0, 0.05) is 34.1 Å². The second-order valence-corrected chi connectivity index (χ2v) is 6.02. The first-order valence-electron chi connectivity index (χ1n) is 6.96. The van der Waals surface area contributed by atoms with Crippen LogP contribution < -0.4 is 5.32 Å². The second-order valence-electron chi connectivity index (χ2n) is 4.77. The van der Waals surface area contributed by atoms with Crippen molar-refractivity contribution in [1.82, 2.24) is 10.3 Å². The first-order chi connectivity index (χ1) is 9.22. The molecule has 2 nitrogen and oxygen atoms in total. The number of hydrogen-bond donors (Lipinski definition) is 1. The summed E-state index contributed by atoms with van der Waals surface area (Å²) in [6, 6.07) is 9.20. The molecule has 0 aliphatic heterocycles. The van der Waals surface area contributed by atoms with Crippen LogP contribution in [0.15, 0.2) is 30.5 Å². The molecule has 1 N–H and O–H groups in total. The van der Waals surface area contributed by atoms with E-state index >= 15 is 0 Å². The Bertz CT molecular complexity index is 519. The van der Waals surface area contributed by atoms with Crippen molar-refractivity contribution in [3.63, 3.8) is 0 Å². The summed E-state index contributed by atoms with van der Waals surface area (Å²) in [6.07, 6.45) is 4.09. The van der Waals surface area contributed by atoms with Gasteiger partial charge >= 0.3 is 0 Å². The molecular weight excluding hydrogens is 252 g/mol. The van der Waals surface area contributed by atoms with Gasteiger partial charge in [0.2, 0.25) is 0 Å². The summed E-state index contributed by atoms with van der Waals surface area (Å²) < 4.78 is 0. The van der Waals surface area contributed by atoms with Crippen LogP contribution in [0, 0.1) is 6.92 Å². The van der Waals surface area contributed by atoms with Crippen molar-refractivity contribution in [1.29, 1.82) is 0 Å². The van der Waals surface area contributed by atoms with Gasteiger partial charge < -0.3 is 5.32 Å². The number of nitrogens with one attached hydrogen (secondary N) is 1. The SMILES string of the molecule is CCNC(Cc1ccc(CC)s1)c1ccnc(C)c1. The number of rotatable bonds is 6. The smallest absolute Gasteiger partial charge is 0.0375 e. The van der Waals surface area contributed by atoms with Crippen LogP contribution in [0.2, 0.25) is 0 Å². The third-order valence-electron chi connectivity index (χ3n) is 3.24. The van der Waals surface area contributed by atoms with E-state index in [0.717, 1.165) is 25.1 Å². The predicted octanol–water partition coefficient (Wildman–Crippen LogP) is 3.91. The fourth-order valence-corrected chi connectivity index (χ4v) is 3.27. The van der Waals surface area contributed by atoms with Crippen LogP contribution in [0.1, 0.15) is 40.9 Å². The van der Waals surface area contributed by atoms with E-state index in [4.69, 9.17) is 0 Å². The van der Waals surface area contributed by atoms with Gasteiger partial charge in [0.25, 0.3) is 0 Å². The molecule has 0 saturated carbocycles. The Labute approximate surface area is 119 Å². The molecule has 0 fully saturated rings. The molecule has 0 saturated heterocycles. The third-order valence-corrected chi connectivity index (χ3v) is 4.50. The highest BCUT2D eigenvalue weighted by atomic mass is 32.1. The molecule has 0 aromatic carbocycles. The fraction of sp³-hybridized carbons (Fsp3) is 0.438. The van der Waals surface area contributed by atoms with Crippen molar-refractivity contribution >= 4 is 11.3 Å². The number of nitrogens with zero attached hydrogens (tertiary/aromatic N) is 1. The van der Waals surface area contributed by atoms with Gasteiger partial charge in [-0.25, -0.2) is 0 Å². The molecule has 0 bridgehead atoms. The Morgan fingerprint density at radius 1 is 1.21 bits per heavy atom. The standard InChI is InChI=1S/C16H22N2S/c1-4-14-6-7-15(19-14)11-16(17-5-2)13-8-9-18-12(3)10-13/h6-10,16-17H,4-5,11H2,1-3H3. The molecule has 0 spiro atoms. The largest absolute Gasteiger partial charge is 0.310 e. The Morgan fingerprint density at radius 3 is 2.63 bits per heavy atom. The summed E-state index contributed by atoms with van der Waals surface area (Å²) in [5, 5.41) is 3.58. The number of aryl methyl sites for hydroxylation is 2. The van der Waals surface area contributed by atoms with E-state index in [1.165, 1.54) is 15.3 Å². The van der Waals surface area contributed by atoms with E-state index in [9.17, 15) is 0 Å². The molecule has 0 amide bonds. The molecule has 19 heavy (non-hydrogen) atoms. The first kappa shape index (κ1) is 14.2. The number of thiophene rings is 1. The van der Waals surface area contributed by atoms with Gasteiger partial charge in [0.1, 0.15) is 0 Å². The lowest BCUT2D eigenvalue weighted by atomic mass is 10.0. The summed E-state index contributed by atoms with van der Waals surface area (Å²) in [5.74, 6) is 0. The lowest BCUT2D eigenvalue weighted by Gasteiger charge is -2.18. The molecular formula is C16H22N2S. The van der Waals surface area contributed by atoms with Crippen molar-refractivity contribution in [2.24, 2.45) is 0 Å². The molecule has 1 atom stereocenters. The van der Waals surface area contributed by atoms with Gasteiger partial charge in [-0.15, -0.1) is 11.3 Å². The van der Waals surface area contributed by atoms with Gasteiger partial charge in [-0.3, -0.25) is 4.98 Å². The predicted molar refractivity (Wildman–Crippen MR) is 82.8 cm³/mol. The van der Waals surface area contributed by atoms with Crippen LogP contribution in [0.3, 0.4) is 0 Å². The van der Waals surface area contributed by atoms with Crippen molar-refractivity contribution in [3.05, 3.63) is 51.5 Å². The summed E-state index contributed by atoms with van der Waals surface area (Å²) in [7, 11) is 0. The van der Waals surface area contributed by atoms with E-state index < -0.39 is 0 Å². The molecule has 2 heterocycles. The topological polar surface area (TPSA) is 24.9 Å². The summed E-state index contributed by atoms with van der Waals surface area (Å²) in [5.41, 5.74) is 2.42. The zero-order valence-corrected chi connectivity index (χ0v) is 12.8. The lowest BCUT2D eigenvalue weighted by molar-refractivity contribution is 0.552. The maximum Gasteiger partial charge on any atom is 0.0375 e. The van der Waals surface area contributed by atoms with Crippen molar-refractivity contribution in [2.45, 2.75) is 39.7 Å². The molecule has 3 heteroatoms. The average Bonchev–Trinajstić information content (AvgIpc) is 2.86. The highest BCUT2D eigenvalue weighted by Gasteiger charge is 2.12. The summed E-state index contributed by atoms with van der Waals surface area (Å²) >= 11 is 1.93. The Kier molecular flexibility index (Phi) is 5.11. The van der Waals surface area contributed by atoms with Crippen LogP contribution in [0.25, 0.3) is 0 Å². The Balaban J connectivity index is 2.15. The minimum Gasteiger partial charge on any atom is -0.310 e. The zero-order valence-electron chi connectivity index (χ0n) is 11.9. The zero-order chi connectivity index (χ0) is 13.7. The maximum atomic E-state index is 4.28. The monoisotopic (exact) mass is 274 g/mol. The molecule has 0 aliphatic rings. The quantitative estimate of drug-likeness (QED) is 0.864. The lowest BCUT2D eigenvalue weighted by Crippen LogP contribution is -2.22. The Hall–Kier alpha value is -1.19. The van der Waals surface area contributed by atoms with Gasteiger partial charge in [0.05, 0.1) is 0 Å². The molecule has 0 radical (unpaired) electrons. The highest BCUT2D eigenvalue weighted by Crippen LogP contribution is 2.24. The van der Waals surface area contributed by atoms with Gasteiger partial charge in [-0.2, -0.15) is 0 Å². The van der Waals surface area contributed by atoms with Crippen molar-refractivity contribution in [2.75, 3.05) is 6.54 Å². The summed E-state index contributed by atoms with van der Waals surface area (Å²) in [4.78, 5) is 7.21. The normalized spacial score (nSPS) is 12.6. The Morgan fingerprint density at radius 2 is 2.00 bits per heavy atom. The van der Waals surface area contributed by atoms with Crippen molar-refractivity contribution < 1.29 is 0 Å². The molecule has 2 rings (SSSR count). The van der Waals surface area contributed by atoms with E-state index in [1.54, 1.807) is 0 Å². The molecule has 0 aliphatic carbocycles. The molecule has 2 aromatic heterocycles. The van der Waals surface area contributed by atoms with Gasteiger partial charge in [0.15, 0.2) is 0 Å². The number of aromatic nitrogens is 1. The van der Waals surface area contributed by atoms with Crippen LogP contribution in [-0.2, 0) is 12.8 Å². The number of pyridine rings is 1. The minimum absolute atomic E-state index is 0.384. The van der Waals surface area contributed by atoms with Crippen LogP contribution in [0.5, 0.6) is 0 Å².